The highest BCUT2D eigenvalue weighted by atomic mass is 16.5. The fraction of sp³-hybridized carbons (Fsp3) is 0.550. The van der Waals surface area contributed by atoms with Crippen LogP contribution in [-0.4, -0.2) is 50.1 Å². The van der Waals surface area contributed by atoms with Gasteiger partial charge in [0.15, 0.2) is 23.4 Å². The first-order valence-electron chi connectivity index (χ1n) is 9.19. The lowest BCUT2D eigenvalue weighted by molar-refractivity contribution is -0.127. The number of benzene rings is 1. The Kier molecular flexibility index (Phi) is 3.06. The molecule has 4 aliphatic rings. The van der Waals surface area contributed by atoms with Crippen LogP contribution in [0.5, 0.6) is 11.5 Å². The fourth-order valence-corrected chi connectivity index (χ4v) is 5.65. The van der Waals surface area contributed by atoms with Crippen molar-refractivity contribution in [3.8, 4) is 11.5 Å². The Morgan fingerprint density at radius 3 is 3.08 bits per heavy atom. The number of carbonyl (C=O) groups is 1. The number of likely N-dealkylation sites (tertiary alicyclic amines) is 1. The van der Waals surface area contributed by atoms with Gasteiger partial charge in [-0.1, -0.05) is 6.08 Å². The van der Waals surface area contributed by atoms with Gasteiger partial charge >= 0.3 is 0 Å². The highest BCUT2D eigenvalue weighted by molar-refractivity contribution is 5.98. The summed E-state index contributed by atoms with van der Waals surface area (Å²) in [6.45, 7) is 3.96. The minimum atomic E-state index is -0.404. The number of piperidine rings is 1. The average molecular weight is 340 g/mol. The average Bonchev–Trinajstić information content (AvgIpc) is 2.96. The van der Waals surface area contributed by atoms with Crippen molar-refractivity contribution in [3.63, 3.8) is 0 Å². The molecular weight excluding hydrogens is 316 g/mol. The molecule has 5 heteroatoms. The summed E-state index contributed by atoms with van der Waals surface area (Å²) in [5.41, 5.74) is 3.45. The number of methoxy groups -OCH3 is 1. The van der Waals surface area contributed by atoms with Gasteiger partial charge in [-0.2, -0.15) is 0 Å². The van der Waals surface area contributed by atoms with E-state index in [1.807, 2.05) is 6.07 Å². The number of ketones is 1. The van der Waals surface area contributed by atoms with E-state index in [-0.39, 0.29) is 11.2 Å². The summed E-state index contributed by atoms with van der Waals surface area (Å²) in [5.74, 6) is 1.96. The van der Waals surface area contributed by atoms with Crippen LogP contribution in [0.25, 0.3) is 0 Å². The van der Waals surface area contributed by atoms with Gasteiger partial charge in [0.25, 0.3) is 0 Å². The first-order chi connectivity index (χ1) is 12.1. The number of nitrogens with one attached hydrogen (secondary N) is 1. The molecule has 0 radical (unpaired) electrons. The molecule has 1 spiro atoms. The van der Waals surface area contributed by atoms with Gasteiger partial charge in [-0.05, 0) is 45.0 Å². The molecule has 2 heterocycles. The molecule has 0 unspecified atom stereocenters. The maximum Gasteiger partial charge on any atom is 0.196 e. The van der Waals surface area contributed by atoms with Crippen molar-refractivity contribution in [2.24, 2.45) is 5.92 Å². The summed E-state index contributed by atoms with van der Waals surface area (Å²) in [4.78, 5) is 15.2. The lowest BCUT2D eigenvalue weighted by Gasteiger charge is -2.55. The number of hydrogen-bond acceptors (Lipinski definition) is 5. The van der Waals surface area contributed by atoms with Crippen LogP contribution < -0.4 is 14.8 Å². The van der Waals surface area contributed by atoms with Crippen LogP contribution in [0.1, 0.15) is 24.5 Å². The second-order valence-electron chi connectivity index (χ2n) is 7.67. The summed E-state index contributed by atoms with van der Waals surface area (Å²) < 4.78 is 12.0. The van der Waals surface area contributed by atoms with Crippen molar-refractivity contribution >= 4 is 11.5 Å². The largest absolute Gasteiger partial charge is 0.493 e. The summed E-state index contributed by atoms with van der Waals surface area (Å²) in [6.07, 6.45) is 5.41. The molecule has 1 saturated heterocycles. The van der Waals surface area contributed by atoms with Crippen molar-refractivity contribution in [3.05, 3.63) is 29.3 Å². The highest BCUT2D eigenvalue weighted by Gasteiger charge is 2.64. The third-order valence-corrected chi connectivity index (χ3v) is 6.70. The summed E-state index contributed by atoms with van der Waals surface area (Å²) in [5, 5.41) is 3.51. The maximum absolute atomic E-state index is 12.7. The Morgan fingerprint density at radius 1 is 1.48 bits per heavy atom. The smallest absolute Gasteiger partial charge is 0.196 e. The van der Waals surface area contributed by atoms with Crippen molar-refractivity contribution in [2.45, 2.75) is 37.3 Å². The molecule has 1 aromatic rings. The molecule has 0 amide bonds. The van der Waals surface area contributed by atoms with Crippen LogP contribution in [-0.2, 0) is 16.6 Å². The van der Waals surface area contributed by atoms with Crippen LogP contribution in [0.15, 0.2) is 18.2 Å². The summed E-state index contributed by atoms with van der Waals surface area (Å²) >= 11 is 0. The minimum Gasteiger partial charge on any atom is -0.493 e. The second-order valence-corrected chi connectivity index (χ2v) is 7.67. The first kappa shape index (κ1) is 15.3. The van der Waals surface area contributed by atoms with E-state index < -0.39 is 6.10 Å². The standard InChI is InChI=1S/C20H24N2O3/c1-4-21-13-10-16(24-3)18-17-11(13)9-14-12-5-6-15(23)19(25-18)20(12,17)7-8-22(14)2/h5-6,10,12,14,19,21H,4,7-9H2,1-3H3/t12-,14+,19-,20-/m0/s1. The van der Waals surface area contributed by atoms with Crippen LogP contribution in [0.3, 0.4) is 0 Å². The molecule has 5 rings (SSSR count). The molecule has 0 aromatic heterocycles. The number of carbonyl (C=O) groups excluding carboxylic acids is 1. The zero-order valence-electron chi connectivity index (χ0n) is 15.0. The summed E-state index contributed by atoms with van der Waals surface area (Å²) in [7, 11) is 3.88. The number of anilines is 1. The number of nitrogens with zero attached hydrogens (tertiary/aromatic N) is 1. The monoisotopic (exact) mass is 340 g/mol. The van der Waals surface area contributed by atoms with Crippen molar-refractivity contribution in [1.29, 1.82) is 0 Å². The quantitative estimate of drug-likeness (QED) is 0.914. The molecule has 132 valence electrons. The van der Waals surface area contributed by atoms with E-state index in [1.165, 1.54) is 11.1 Å². The van der Waals surface area contributed by atoms with Crippen LogP contribution in [0.4, 0.5) is 5.69 Å². The lowest BCUT2D eigenvalue weighted by atomic mass is 9.53. The molecule has 2 bridgehead atoms. The molecule has 0 saturated carbocycles. The maximum atomic E-state index is 12.7. The first-order valence-corrected chi connectivity index (χ1v) is 9.19. The van der Waals surface area contributed by atoms with E-state index in [0.717, 1.165) is 43.1 Å². The normalized spacial score (nSPS) is 34.5. The molecule has 4 atom stereocenters. The van der Waals surface area contributed by atoms with E-state index in [0.29, 0.717) is 12.0 Å². The van der Waals surface area contributed by atoms with Crippen molar-refractivity contribution in [1.82, 2.24) is 4.90 Å². The third kappa shape index (κ3) is 1.70. The SMILES string of the molecule is CCNc1cc(OC)c2c3c1C[C@@H]1[C@@H]4C=CC(=O)[C@H](O2)[C@]34CCN1C. The molecule has 1 N–H and O–H groups in total. The minimum absolute atomic E-state index is 0.0932. The van der Waals surface area contributed by atoms with Gasteiger partial charge in [-0.3, -0.25) is 4.79 Å². The molecule has 5 nitrogen and oxygen atoms in total. The van der Waals surface area contributed by atoms with Gasteiger partial charge in [-0.25, -0.2) is 0 Å². The number of hydrogen-bond donors (Lipinski definition) is 1. The molecule has 1 fully saturated rings. The number of ether oxygens (including phenoxy) is 2. The zero-order valence-corrected chi connectivity index (χ0v) is 15.0. The second kappa shape index (κ2) is 5.01. The van der Waals surface area contributed by atoms with Crippen LogP contribution in [0, 0.1) is 5.92 Å². The Hall–Kier alpha value is -2.01. The lowest BCUT2D eigenvalue weighted by Crippen LogP contribution is -2.64. The predicted molar refractivity (Wildman–Crippen MR) is 95.6 cm³/mol. The predicted octanol–water partition coefficient (Wildman–Crippen LogP) is 2.14. The van der Waals surface area contributed by atoms with E-state index in [4.69, 9.17) is 9.47 Å². The van der Waals surface area contributed by atoms with E-state index >= 15 is 0 Å². The molecule has 25 heavy (non-hydrogen) atoms. The Labute approximate surface area is 148 Å². The molecule has 2 aliphatic heterocycles. The van der Waals surface area contributed by atoms with Gasteiger partial charge in [0.2, 0.25) is 0 Å². The number of rotatable bonds is 3. The van der Waals surface area contributed by atoms with Crippen molar-refractivity contribution in [2.75, 3.05) is 32.6 Å². The van der Waals surface area contributed by atoms with Crippen LogP contribution >= 0.6 is 0 Å². The molecule has 2 aliphatic carbocycles. The fourth-order valence-electron chi connectivity index (χ4n) is 5.65. The van der Waals surface area contributed by atoms with Gasteiger partial charge in [0.05, 0.1) is 12.5 Å². The van der Waals surface area contributed by atoms with E-state index in [2.05, 4.69) is 30.3 Å². The van der Waals surface area contributed by atoms with Gasteiger partial charge < -0.3 is 19.7 Å². The summed E-state index contributed by atoms with van der Waals surface area (Å²) in [6, 6.07) is 2.45. The third-order valence-electron chi connectivity index (χ3n) is 6.70. The molecular formula is C20H24N2O3. The zero-order chi connectivity index (χ0) is 17.3. The van der Waals surface area contributed by atoms with E-state index in [9.17, 15) is 4.79 Å². The van der Waals surface area contributed by atoms with Gasteiger partial charge in [0.1, 0.15) is 0 Å². The topological polar surface area (TPSA) is 50.8 Å². The Bertz CT molecular complexity index is 803. The Balaban J connectivity index is 1.83. The van der Waals surface area contributed by atoms with Crippen LogP contribution in [0.2, 0.25) is 0 Å². The van der Waals surface area contributed by atoms with Crippen molar-refractivity contribution < 1.29 is 14.3 Å². The highest BCUT2D eigenvalue weighted by Crippen LogP contribution is 2.63. The number of likely N-dealkylation sites (N-methyl/N-ethyl adjacent to an activating group) is 1. The van der Waals surface area contributed by atoms with Gasteiger partial charge in [0, 0.05) is 35.8 Å². The Morgan fingerprint density at radius 2 is 2.32 bits per heavy atom. The molecule has 1 aromatic carbocycles. The van der Waals surface area contributed by atoms with E-state index in [1.54, 1.807) is 13.2 Å². The van der Waals surface area contributed by atoms with Gasteiger partial charge in [-0.15, -0.1) is 0 Å².